The van der Waals surface area contributed by atoms with E-state index in [4.69, 9.17) is 9.47 Å². The molecule has 2 heterocycles. The first-order valence-electron chi connectivity index (χ1n) is 10.7. The number of benzene rings is 2. The van der Waals surface area contributed by atoms with Gasteiger partial charge in [0, 0.05) is 5.57 Å². The van der Waals surface area contributed by atoms with E-state index < -0.39 is 17.9 Å². The molecule has 2 aliphatic rings. The van der Waals surface area contributed by atoms with Crippen LogP contribution in [-0.4, -0.2) is 42.4 Å². The van der Waals surface area contributed by atoms with Crippen LogP contribution in [0.1, 0.15) is 37.4 Å². The zero-order valence-corrected chi connectivity index (χ0v) is 18.7. The van der Waals surface area contributed by atoms with Gasteiger partial charge in [-0.15, -0.1) is 6.58 Å². The fourth-order valence-corrected chi connectivity index (χ4v) is 4.57. The van der Waals surface area contributed by atoms with Crippen LogP contribution in [0.2, 0.25) is 0 Å². The molecule has 2 atom stereocenters. The van der Waals surface area contributed by atoms with Crippen molar-refractivity contribution in [1.29, 1.82) is 0 Å². The van der Waals surface area contributed by atoms with Crippen molar-refractivity contribution in [3.63, 3.8) is 0 Å². The maximum absolute atomic E-state index is 14.1. The predicted molar refractivity (Wildman–Crippen MR) is 124 cm³/mol. The largest absolute Gasteiger partial charge is 0.452 e. The van der Waals surface area contributed by atoms with E-state index in [2.05, 4.69) is 6.58 Å². The van der Waals surface area contributed by atoms with E-state index in [1.807, 2.05) is 74.5 Å². The maximum atomic E-state index is 14.1. The SMILES string of the molecule is C=CC[C@H]1C(C(=O)N2[C@H](c3ccccc3)COC2(C)C)=Cc2ccccc2N1C(=O)OC. The van der Waals surface area contributed by atoms with Gasteiger partial charge in [0.25, 0.3) is 5.91 Å². The minimum atomic E-state index is -0.801. The third-order valence-electron chi connectivity index (χ3n) is 6.08. The second-order valence-corrected chi connectivity index (χ2v) is 8.40. The number of para-hydroxylation sites is 1. The molecule has 0 saturated carbocycles. The van der Waals surface area contributed by atoms with E-state index in [0.29, 0.717) is 24.3 Å². The Labute approximate surface area is 188 Å². The number of anilines is 1. The van der Waals surface area contributed by atoms with Crippen LogP contribution in [0.4, 0.5) is 10.5 Å². The second kappa shape index (κ2) is 8.63. The van der Waals surface area contributed by atoms with E-state index in [1.54, 1.807) is 15.9 Å². The number of fused-ring (bicyclic) bond motifs is 1. The van der Waals surface area contributed by atoms with Gasteiger partial charge in [0.1, 0.15) is 5.72 Å². The highest BCUT2D eigenvalue weighted by molar-refractivity contribution is 6.06. The summed E-state index contributed by atoms with van der Waals surface area (Å²) in [5, 5.41) is 0. The lowest BCUT2D eigenvalue weighted by atomic mass is 9.91. The highest BCUT2D eigenvalue weighted by Gasteiger charge is 2.47. The molecule has 0 unspecified atom stereocenters. The van der Waals surface area contributed by atoms with Gasteiger partial charge in [-0.2, -0.15) is 0 Å². The highest BCUT2D eigenvalue weighted by atomic mass is 16.5. The standard InChI is InChI=1S/C26H28N2O4/c1-5-11-22-20(16-19-14-9-10-15-21(19)27(22)25(30)31-4)24(29)28-23(17-32-26(28,2)3)18-12-7-6-8-13-18/h5-10,12-16,22-23H,1,11,17H2,2-4H3/t22-,23-/m0/s1. The summed E-state index contributed by atoms with van der Waals surface area (Å²) >= 11 is 0. The van der Waals surface area contributed by atoms with Crippen molar-refractivity contribution in [3.8, 4) is 0 Å². The van der Waals surface area contributed by atoms with E-state index in [0.717, 1.165) is 11.1 Å². The molecule has 2 aromatic carbocycles. The molecule has 32 heavy (non-hydrogen) atoms. The van der Waals surface area contributed by atoms with Crippen molar-refractivity contribution in [2.45, 2.75) is 38.1 Å². The Morgan fingerprint density at radius 3 is 2.53 bits per heavy atom. The van der Waals surface area contributed by atoms with Crippen LogP contribution >= 0.6 is 0 Å². The number of hydrogen-bond donors (Lipinski definition) is 0. The zero-order chi connectivity index (χ0) is 22.9. The van der Waals surface area contributed by atoms with Gasteiger partial charge in [0.05, 0.1) is 31.5 Å². The number of carbonyl (C=O) groups excluding carboxylic acids is 2. The van der Waals surface area contributed by atoms with Crippen LogP contribution in [0.15, 0.2) is 72.8 Å². The molecule has 2 aromatic rings. The first-order valence-corrected chi connectivity index (χ1v) is 10.7. The second-order valence-electron chi connectivity index (χ2n) is 8.40. The molecule has 0 aromatic heterocycles. The average molecular weight is 433 g/mol. The maximum Gasteiger partial charge on any atom is 0.414 e. The van der Waals surface area contributed by atoms with E-state index in [9.17, 15) is 9.59 Å². The van der Waals surface area contributed by atoms with Gasteiger partial charge in [0.15, 0.2) is 0 Å². The summed E-state index contributed by atoms with van der Waals surface area (Å²) in [6.45, 7) is 8.05. The molecule has 2 aliphatic heterocycles. The Bertz CT molecular complexity index is 1060. The number of carbonyl (C=O) groups is 2. The first kappa shape index (κ1) is 21.8. The highest BCUT2D eigenvalue weighted by Crippen LogP contribution is 2.41. The lowest BCUT2D eigenvalue weighted by molar-refractivity contribution is -0.142. The summed E-state index contributed by atoms with van der Waals surface area (Å²) in [5.74, 6) is -0.170. The third kappa shape index (κ3) is 3.71. The van der Waals surface area contributed by atoms with Crippen LogP contribution in [0, 0.1) is 0 Å². The summed E-state index contributed by atoms with van der Waals surface area (Å²) in [6, 6.07) is 16.6. The van der Waals surface area contributed by atoms with Gasteiger partial charge in [0.2, 0.25) is 0 Å². The molecule has 6 heteroatoms. The normalized spacial score (nSPS) is 21.5. The van der Waals surface area contributed by atoms with Gasteiger partial charge in [-0.3, -0.25) is 9.69 Å². The van der Waals surface area contributed by atoms with E-state index >= 15 is 0 Å². The fraction of sp³-hybridized carbons (Fsp3) is 0.308. The smallest absolute Gasteiger partial charge is 0.414 e. The van der Waals surface area contributed by atoms with Gasteiger partial charge in [-0.25, -0.2) is 4.79 Å². The summed E-state index contributed by atoms with van der Waals surface area (Å²) in [4.78, 5) is 30.3. The lowest BCUT2D eigenvalue weighted by Gasteiger charge is -2.40. The van der Waals surface area contributed by atoms with Crippen molar-refractivity contribution in [2.24, 2.45) is 0 Å². The third-order valence-corrected chi connectivity index (χ3v) is 6.08. The summed E-state index contributed by atoms with van der Waals surface area (Å²) in [7, 11) is 1.35. The number of nitrogens with zero attached hydrogens (tertiary/aromatic N) is 2. The van der Waals surface area contributed by atoms with Crippen LogP contribution in [-0.2, 0) is 14.3 Å². The van der Waals surface area contributed by atoms with Crippen molar-refractivity contribution in [1.82, 2.24) is 4.90 Å². The van der Waals surface area contributed by atoms with Gasteiger partial charge < -0.3 is 14.4 Å². The fourth-order valence-electron chi connectivity index (χ4n) is 4.57. The Morgan fingerprint density at radius 1 is 1.16 bits per heavy atom. The number of methoxy groups -OCH3 is 1. The number of rotatable bonds is 4. The molecule has 4 rings (SSSR count). The Hall–Kier alpha value is -3.38. The summed E-state index contributed by atoms with van der Waals surface area (Å²) < 4.78 is 11.1. The van der Waals surface area contributed by atoms with Gasteiger partial charge >= 0.3 is 6.09 Å². The molecule has 1 fully saturated rings. The molecule has 0 bridgehead atoms. The number of ether oxygens (including phenoxy) is 2. The molecular formula is C26H28N2O4. The molecule has 0 spiro atoms. The topological polar surface area (TPSA) is 59.1 Å². The Kier molecular flexibility index (Phi) is 5.89. The lowest BCUT2D eigenvalue weighted by Crippen LogP contribution is -2.51. The van der Waals surface area contributed by atoms with Crippen LogP contribution in [0.5, 0.6) is 0 Å². The van der Waals surface area contributed by atoms with Crippen LogP contribution in [0.3, 0.4) is 0 Å². The average Bonchev–Trinajstić information content (AvgIpc) is 3.13. The quantitative estimate of drug-likeness (QED) is 0.643. The molecule has 2 amide bonds. The van der Waals surface area contributed by atoms with Crippen molar-refractivity contribution < 1.29 is 19.1 Å². The molecule has 166 valence electrons. The summed E-state index contributed by atoms with van der Waals surface area (Å²) in [6.07, 6.45) is 3.49. The minimum Gasteiger partial charge on any atom is -0.452 e. The van der Waals surface area contributed by atoms with Crippen molar-refractivity contribution >= 4 is 23.8 Å². The predicted octanol–water partition coefficient (Wildman–Crippen LogP) is 4.94. The van der Waals surface area contributed by atoms with Crippen LogP contribution < -0.4 is 4.90 Å². The Morgan fingerprint density at radius 2 is 1.84 bits per heavy atom. The van der Waals surface area contributed by atoms with E-state index in [1.165, 1.54) is 7.11 Å². The molecule has 0 aliphatic carbocycles. The zero-order valence-electron chi connectivity index (χ0n) is 18.7. The van der Waals surface area contributed by atoms with Gasteiger partial charge in [-0.05, 0) is 43.5 Å². The number of hydrogen-bond acceptors (Lipinski definition) is 4. The minimum absolute atomic E-state index is 0.170. The molecule has 1 saturated heterocycles. The Balaban J connectivity index is 1.82. The van der Waals surface area contributed by atoms with Crippen LogP contribution in [0.25, 0.3) is 6.08 Å². The van der Waals surface area contributed by atoms with Crippen molar-refractivity contribution in [2.75, 3.05) is 18.6 Å². The molecule has 0 N–H and O–H groups in total. The first-order chi connectivity index (χ1) is 15.4. The summed E-state index contributed by atoms with van der Waals surface area (Å²) in [5.41, 5.74) is 2.21. The molecule has 0 radical (unpaired) electrons. The monoisotopic (exact) mass is 432 g/mol. The van der Waals surface area contributed by atoms with Crippen molar-refractivity contribution in [3.05, 3.63) is 84.0 Å². The van der Waals surface area contributed by atoms with Gasteiger partial charge in [-0.1, -0.05) is 54.6 Å². The molecular weight excluding hydrogens is 404 g/mol. The molecule has 6 nitrogen and oxygen atoms in total. The van der Waals surface area contributed by atoms with E-state index in [-0.39, 0.29) is 11.9 Å². The number of amides is 2.